The molecule has 0 aromatic carbocycles. The lowest BCUT2D eigenvalue weighted by atomic mass is 10.8. The van der Waals surface area contributed by atoms with E-state index in [4.69, 9.17) is 0 Å². The molecule has 0 aromatic heterocycles. The maximum atomic E-state index is 10.4. The van der Waals surface area contributed by atoms with E-state index in [1.807, 2.05) is 0 Å². The average Bonchev–Trinajstić information content (AvgIpc) is 2.05. The molecule has 0 atom stereocenters. The second-order valence-corrected chi connectivity index (χ2v) is 1.39. The summed E-state index contributed by atoms with van der Waals surface area (Å²) in [6.45, 7) is -2.72. The van der Waals surface area contributed by atoms with Gasteiger partial charge >= 0.3 is 6.18 Å². The third kappa shape index (κ3) is 486. The molecule has 0 rings (SSSR count). The Labute approximate surface area is 131 Å². The van der Waals surface area contributed by atoms with Crippen LogP contribution < -0.4 is 0 Å². The van der Waals surface area contributed by atoms with Gasteiger partial charge in [-0.05, 0) is 6.92 Å². The van der Waals surface area contributed by atoms with Gasteiger partial charge in [0.05, 0.1) is 6.67 Å². The molecule has 7 heteroatoms. The Morgan fingerprint density at radius 1 is 0.571 bits per heavy atom. The van der Waals surface area contributed by atoms with Gasteiger partial charge in [0.2, 0.25) is 0 Å². The predicted molar refractivity (Wildman–Crippen MR) is 89.5 cm³/mol. The molecular weight excluding hydrogens is 301 g/mol. The van der Waals surface area contributed by atoms with Crippen molar-refractivity contribution >= 4 is 0 Å². The van der Waals surface area contributed by atoms with Crippen LogP contribution in [0.15, 0.2) is 0 Å². The van der Waals surface area contributed by atoms with E-state index in [0.29, 0.717) is 0 Å². The topological polar surface area (TPSA) is 0 Å². The minimum Gasteiger partial charge on any atom is -0.251 e. The molecule has 0 amide bonds. The van der Waals surface area contributed by atoms with Crippen LogP contribution in [0.4, 0.5) is 30.7 Å². The van der Waals surface area contributed by atoms with Crippen LogP contribution >= 0.6 is 0 Å². The molecule has 0 bridgehead atoms. The number of alkyl halides is 7. The van der Waals surface area contributed by atoms with Gasteiger partial charge in [-0.15, -0.1) is 0 Å². The van der Waals surface area contributed by atoms with Crippen molar-refractivity contribution in [2.45, 2.75) is 72.5 Å². The molecule has 0 aromatic rings. The Morgan fingerprint density at radius 3 is 0.667 bits per heavy atom. The molecule has 0 spiro atoms. The summed E-state index contributed by atoms with van der Waals surface area (Å²) < 4.78 is 72.6. The predicted octanol–water partition coefficient (Wildman–Crippen LogP) is 8.51. The largest absolute Gasteiger partial charge is 0.416 e. The molecule has 0 saturated heterocycles. The summed E-state index contributed by atoms with van der Waals surface area (Å²) in [5.41, 5.74) is 0. The smallest absolute Gasteiger partial charge is 0.251 e. The van der Waals surface area contributed by atoms with Gasteiger partial charge in [0.1, 0.15) is 13.3 Å². The van der Waals surface area contributed by atoms with Crippen molar-refractivity contribution in [1.82, 2.24) is 0 Å². The third-order valence-electron chi connectivity index (χ3n) is 0.223. The van der Waals surface area contributed by atoms with Gasteiger partial charge < -0.3 is 0 Å². The summed E-state index contributed by atoms with van der Waals surface area (Å²) in [5.74, 6) is 0. The molecule has 0 heterocycles. The molecule has 0 saturated carbocycles. The standard InChI is InChI=1S/C2H2F4.C2H4F2.C2H5F.8CH4/c3-1-2(4,5)6;3-1-2-4;1-2-3;;;;;;;;/h1H2;1-2H2;2H2,1H3;8*1H4. The van der Waals surface area contributed by atoms with Crippen molar-refractivity contribution in [3.8, 4) is 0 Å². The number of hydrogen-bond donors (Lipinski definition) is 0. The Balaban J connectivity index is -0.00000000690. The molecule has 0 N–H and O–H groups in total. The number of halogens is 7. The fraction of sp³-hybridized carbons (Fsp3) is 1.00. The van der Waals surface area contributed by atoms with Crippen molar-refractivity contribution in [3.63, 3.8) is 0 Å². The van der Waals surface area contributed by atoms with Crippen LogP contribution in [-0.2, 0) is 0 Å². The maximum absolute atomic E-state index is 10.4. The van der Waals surface area contributed by atoms with Crippen LogP contribution in [0, 0.1) is 0 Å². The number of rotatable bonds is 1. The van der Waals surface area contributed by atoms with Gasteiger partial charge in [-0.2, -0.15) is 13.2 Å². The summed E-state index contributed by atoms with van der Waals surface area (Å²) in [4.78, 5) is 0. The second-order valence-electron chi connectivity index (χ2n) is 1.39. The summed E-state index contributed by atoms with van der Waals surface area (Å²) in [6.07, 6.45) is -4.62. The van der Waals surface area contributed by atoms with E-state index in [1.54, 1.807) is 0 Å². The molecule has 148 valence electrons. The van der Waals surface area contributed by atoms with Crippen molar-refractivity contribution in [1.29, 1.82) is 0 Å². The lowest BCUT2D eigenvalue weighted by molar-refractivity contribution is -0.142. The highest BCUT2D eigenvalue weighted by Crippen LogP contribution is 2.13. The minimum absolute atomic E-state index is 0. The lowest BCUT2D eigenvalue weighted by Gasteiger charge is -1.93. The molecular formula is C14H43F7. The van der Waals surface area contributed by atoms with Crippen LogP contribution in [0.5, 0.6) is 0 Å². The zero-order valence-corrected chi connectivity index (χ0v) is 6.97. The van der Waals surface area contributed by atoms with E-state index < -0.39 is 26.2 Å². The van der Waals surface area contributed by atoms with Crippen LogP contribution in [-0.4, -0.2) is 32.9 Å². The van der Waals surface area contributed by atoms with Gasteiger partial charge in [0, 0.05) is 0 Å². The lowest BCUT2D eigenvalue weighted by Crippen LogP contribution is -2.08. The van der Waals surface area contributed by atoms with Gasteiger partial charge in [-0.3, -0.25) is 4.39 Å². The fourth-order valence-corrected chi connectivity index (χ4v) is 0. The molecule has 0 unspecified atom stereocenters. The fourth-order valence-electron chi connectivity index (χ4n) is 0. The van der Waals surface area contributed by atoms with Crippen molar-refractivity contribution < 1.29 is 30.7 Å². The Bertz CT molecular complexity index is 74.2. The molecule has 0 radical (unpaired) electrons. The summed E-state index contributed by atoms with van der Waals surface area (Å²) in [5, 5.41) is 0. The first-order valence-corrected chi connectivity index (χ1v) is 3.20. The second kappa shape index (κ2) is 73.9. The summed E-state index contributed by atoms with van der Waals surface area (Å²) in [6, 6.07) is 0. The first kappa shape index (κ1) is 86.3. The molecule has 0 fully saturated rings. The van der Waals surface area contributed by atoms with E-state index >= 15 is 0 Å². The highest BCUT2D eigenvalue weighted by Gasteiger charge is 2.26. The Hall–Kier alpha value is -0.490. The zero-order chi connectivity index (χ0) is 11.3. The van der Waals surface area contributed by atoms with Gasteiger partial charge in [0.15, 0.2) is 6.67 Å². The van der Waals surface area contributed by atoms with E-state index in [0.717, 1.165) is 0 Å². The number of hydrogen-bond acceptors (Lipinski definition) is 0. The van der Waals surface area contributed by atoms with Crippen molar-refractivity contribution in [2.24, 2.45) is 0 Å². The third-order valence-corrected chi connectivity index (χ3v) is 0.223. The SMILES string of the molecule is C.C.C.C.C.C.C.C.CCF.FCC(F)(F)F.FCCF. The Morgan fingerprint density at radius 2 is 0.667 bits per heavy atom. The summed E-state index contributed by atoms with van der Waals surface area (Å²) in [7, 11) is 0. The van der Waals surface area contributed by atoms with E-state index in [9.17, 15) is 30.7 Å². The zero-order valence-electron chi connectivity index (χ0n) is 6.97. The van der Waals surface area contributed by atoms with Crippen molar-refractivity contribution in [2.75, 3.05) is 26.7 Å². The van der Waals surface area contributed by atoms with Gasteiger partial charge in [-0.25, -0.2) is 13.2 Å². The minimum atomic E-state index is -4.62. The Kier molecular flexibility index (Phi) is 304. The highest BCUT2D eigenvalue weighted by molar-refractivity contribution is 4.39. The van der Waals surface area contributed by atoms with E-state index in [2.05, 4.69) is 0 Å². The molecule has 0 aliphatic rings. The molecule has 0 nitrogen and oxygen atoms in total. The molecule has 21 heavy (non-hydrogen) atoms. The normalized spacial score (nSPS) is 5.71. The molecule has 0 aliphatic carbocycles. The molecule has 0 aliphatic heterocycles. The summed E-state index contributed by atoms with van der Waals surface area (Å²) >= 11 is 0. The van der Waals surface area contributed by atoms with E-state index in [-0.39, 0.29) is 66.1 Å². The maximum Gasteiger partial charge on any atom is 0.416 e. The van der Waals surface area contributed by atoms with Crippen LogP contribution in [0.3, 0.4) is 0 Å². The van der Waals surface area contributed by atoms with Crippen LogP contribution in [0.2, 0.25) is 0 Å². The first-order chi connectivity index (χ1) is 5.89. The van der Waals surface area contributed by atoms with Crippen LogP contribution in [0.25, 0.3) is 0 Å². The highest BCUT2D eigenvalue weighted by atomic mass is 19.4. The quantitative estimate of drug-likeness (QED) is 0.418. The van der Waals surface area contributed by atoms with Crippen LogP contribution in [0.1, 0.15) is 66.3 Å². The monoisotopic (exact) mass is 344 g/mol. The van der Waals surface area contributed by atoms with Crippen molar-refractivity contribution in [3.05, 3.63) is 0 Å². The van der Waals surface area contributed by atoms with Gasteiger partial charge in [-0.1, -0.05) is 59.4 Å². The van der Waals surface area contributed by atoms with E-state index in [1.165, 1.54) is 6.92 Å². The first-order valence-electron chi connectivity index (χ1n) is 3.20. The average molecular weight is 344 g/mol. The van der Waals surface area contributed by atoms with Gasteiger partial charge in [0.25, 0.3) is 0 Å².